The highest BCUT2D eigenvalue weighted by atomic mass is 16.3. The Kier molecular flexibility index (Phi) is 6.19. The summed E-state index contributed by atoms with van der Waals surface area (Å²) in [6.07, 6.45) is 0. The molecule has 2 aromatic heterocycles. The van der Waals surface area contributed by atoms with Gasteiger partial charge in [0.1, 0.15) is 11.2 Å². The molecule has 0 unspecified atom stereocenters. The van der Waals surface area contributed by atoms with Gasteiger partial charge in [-0.2, -0.15) is 0 Å². The molecule has 9 aromatic rings. The fourth-order valence-electron chi connectivity index (χ4n) is 7.81. The first-order chi connectivity index (χ1) is 24.5. The fraction of sp³-hybridized carbons (Fsp3) is 0.0652. The van der Waals surface area contributed by atoms with Gasteiger partial charge in [0.25, 0.3) is 0 Å². The molecule has 1 aliphatic carbocycles. The molecule has 50 heavy (non-hydrogen) atoms. The number of benzene rings is 7. The molecule has 10 rings (SSSR count). The van der Waals surface area contributed by atoms with E-state index in [2.05, 4.69) is 135 Å². The van der Waals surface area contributed by atoms with Crippen molar-refractivity contribution in [3.8, 4) is 56.4 Å². The van der Waals surface area contributed by atoms with E-state index in [1.165, 1.54) is 22.3 Å². The molecule has 0 spiro atoms. The zero-order valence-corrected chi connectivity index (χ0v) is 27.7. The van der Waals surface area contributed by atoms with Crippen molar-refractivity contribution in [1.82, 2.24) is 15.0 Å². The Hall–Kier alpha value is -6.39. The lowest BCUT2D eigenvalue weighted by Crippen LogP contribution is -2.15. The summed E-state index contributed by atoms with van der Waals surface area (Å²) in [6, 6.07) is 53.1. The average molecular weight is 642 g/mol. The van der Waals surface area contributed by atoms with Crippen molar-refractivity contribution in [3.05, 3.63) is 163 Å². The van der Waals surface area contributed by atoms with Crippen LogP contribution in [0.4, 0.5) is 0 Å². The molecule has 0 bridgehead atoms. The Bertz CT molecular complexity index is 2790. The fourth-order valence-corrected chi connectivity index (χ4v) is 7.81. The average Bonchev–Trinajstić information content (AvgIpc) is 3.67. The summed E-state index contributed by atoms with van der Waals surface area (Å²) < 4.78 is 6.51. The third-order valence-corrected chi connectivity index (χ3v) is 10.3. The van der Waals surface area contributed by atoms with Gasteiger partial charge in [-0.1, -0.05) is 141 Å². The van der Waals surface area contributed by atoms with Crippen molar-refractivity contribution in [3.63, 3.8) is 0 Å². The molecule has 0 aliphatic heterocycles. The van der Waals surface area contributed by atoms with Crippen LogP contribution in [-0.2, 0) is 5.41 Å². The van der Waals surface area contributed by atoms with Gasteiger partial charge >= 0.3 is 0 Å². The Balaban J connectivity index is 1.14. The van der Waals surface area contributed by atoms with E-state index in [1.54, 1.807) is 0 Å². The summed E-state index contributed by atoms with van der Waals surface area (Å²) >= 11 is 0. The van der Waals surface area contributed by atoms with Crippen LogP contribution in [0.1, 0.15) is 25.0 Å². The lowest BCUT2D eigenvalue weighted by molar-refractivity contribution is 0.660. The normalized spacial score (nSPS) is 13.2. The summed E-state index contributed by atoms with van der Waals surface area (Å²) in [5.41, 5.74) is 11.9. The number of furan rings is 1. The number of hydrogen-bond acceptors (Lipinski definition) is 4. The van der Waals surface area contributed by atoms with E-state index in [0.717, 1.165) is 60.5 Å². The number of nitrogens with zero attached hydrogens (tertiary/aromatic N) is 3. The number of hydrogen-bond donors (Lipinski definition) is 0. The predicted octanol–water partition coefficient (Wildman–Crippen LogP) is 11.9. The minimum atomic E-state index is -0.127. The van der Waals surface area contributed by atoms with E-state index in [4.69, 9.17) is 19.4 Å². The predicted molar refractivity (Wildman–Crippen MR) is 204 cm³/mol. The van der Waals surface area contributed by atoms with Crippen molar-refractivity contribution < 1.29 is 4.42 Å². The summed E-state index contributed by atoms with van der Waals surface area (Å²) in [5.74, 6) is 1.93. The highest BCUT2D eigenvalue weighted by molar-refractivity contribution is 6.19. The van der Waals surface area contributed by atoms with E-state index >= 15 is 0 Å². The molecule has 0 radical (unpaired) electrons. The zero-order chi connectivity index (χ0) is 33.4. The quantitative estimate of drug-likeness (QED) is 0.192. The van der Waals surface area contributed by atoms with Gasteiger partial charge in [0.2, 0.25) is 0 Å². The number of para-hydroxylation sites is 1. The molecule has 0 saturated heterocycles. The maximum atomic E-state index is 6.51. The van der Waals surface area contributed by atoms with Crippen molar-refractivity contribution in [2.45, 2.75) is 19.3 Å². The third-order valence-electron chi connectivity index (χ3n) is 10.3. The first-order valence-electron chi connectivity index (χ1n) is 17.0. The number of aromatic nitrogens is 3. The molecule has 1 aliphatic rings. The second-order valence-corrected chi connectivity index (χ2v) is 13.6. The molecule has 2 heterocycles. The van der Waals surface area contributed by atoms with Crippen molar-refractivity contribution >= 4 is 32.7 Å². The highest BCUT2D eigenvalue weighted by Crippen LogP contribution is 2.49. The molecular formula is C46H31N3O. The van der Waals surface area contributed by atoms with Gasteiger partial charge in [-0.3, -0.25) is 0 Å². The van der Waals surface area contributed by atoms with Crippen LogP contribution in [0.2, 0.25) is 0 Å². The Morgan fingerprint density at radius 3 is 1.94 bits per heavy atom. The van der Waals surface area contributed by atoms with E-state index in [9.17, 15) is 0 Å². The molecular weight excluding hydrogens is 611 g/mol. The monoisotopic (exact) mass is 641 g/mol. The molecule has 4 heteroatoms. The summed E-state index contributed by atoms with van der Waals surface area (Å²) in [4.78, 5) is 15.3. The van der Waals surface area contributed by atoms with Gasteiger partial charge in [0.05, 0.1) is 0 Å². The van der Waals surface area contributed by atoms with Gasteiger partial charge in [-0.15, -0.1) is 0 Å². The van der Waals surface area contributed by atoms with Gasteiger partial charge in [0.15, 0.2) is 17.5 Å². The van der Waals surface area contributed by atoms with Crippen LogP contribution < -0.4 is 0 Å². The first-order valence-corrected chi connectivity index (χ1v) is 17.0. The Morgan fingerprint density at radius 2 is 1.08 bits per heavy atom. The molecule has 4 nitrogen and oxygen atoms in total. The molecule has 236 valence electrons. The smallest absolute Gasteiger partial charge is 0.164 e. The topological polar surface area (TPSA) is 51.8 Å². The Labute approximate surface area is 289 Å². The second kappa shape index (κ2) is 10.8. The minimum Gasteiger partial charge on any atom is -0.455 e. The maximum absolute atomic E-state index is 6.51. The van der Waals surface area contributed by atoms with E-state index < -0.39 is 0 Å². The standard InChI is InChI=1S/C46H31N3O/c1-46(2)38-20-8-6-17-34(38)35-24-23-32(27-39(35)46)45-48-43(29-12-4-3-5-13-29)47-44(49-45)31-16-10-15-30(26-31)33-19-11-14-28-22-25-37-36-18-7-9-21-40(36)50-42(37)41(28)33/h3-27H,1-2H3. The maximum Gasteiger partial charge on any atom is 0.164 e. The third kappa shape index (κ3) is 4.35. The van der Waals surface area contributed by atoms with Gasteiger partial charge < -0.3 is 4.42 Å². The zero-order valence-electron chi connectivity index (χ0n) is 27.7. The van der Waals surface area contributed by atoms with Crippen molar-refractivity contribution in [2.75, 3.05) is 0 Å². The SMILES string of the molecule is CC1(C)c2ccccc2-c2ccc(-c3nc(-c4ccccc4)nc(-c4cccc(-c5cccc6ccc7c8ccccc8oc7c56)c4)n3)cc21. The summed E-state index contributed by atoms with van der Waals surface area (Å²) in [6.45, 7) is 4.60. The largest absolute Gasteiger partial charge is 0.455 e. The van der Waals surface area contributed by atoms with Crippen LogP contribution in [0.15, 0.2) is 156 Å². The Morgan fingerprint density at radius 1 is 0.440 bits per heavy atom. The number of rotatable bonds is 4. The molecule has 0 amide bonds. The van der Waals surface area contributed by atoms with Crippen LogP contribution in [0.5, 0.6) is 0 Å². The van der Waals surface area contributed by atoms with Crippen LogP contribution in [0.3, 0.4) is 0 Å². The lowest BCUT2D eigenvalue weighted by Gasteiger charge is -2.21. The van der Waals surface area contributed by atoms with Gasteiger partial charge in [0, 0.05) is 38.3 Å². The van der Waals surface area contributed by atoms with Crippen LogP contribution >= 0.6 is 0 Å². The van der Waals surface area contributed by atoms with E-state index in [-0.39, 0.29) is 5.41 Å². The molecule has 0 saturated carbocycles. The number of fused-ring (bicyclic) bond motifs is 8. The van der Waals surface area contributed by atoms with Gasteiger partial charge in [-0.05, 0) is 63.0 Å². The minimum absolute atomic E-state index is 0.127. The molecule has 0 N–H and O–H groups in total. The van der Waals surface area contributed by atoms with E-state index in [0.29, 0.717) is 17.5 Å². The van der Waals surface area contributed by atoms with E-state index in [1.807, 2.05) is 30.3 Å². The summed E-state index contributed by atoms with van der Waals surface area (Å²) in [5, 5.41) is 4.47. The lowest BCUT2D eigenvalue weighted by atomic mass is 9.82. The van der Waals surface area contributed by atoms with Crippen molar-refractivity contribution in [2.24, 2.45) is 0 Å². The molecule has 7 aromatic carbocycles. The second-order valence-electron chi connectivity index (χ2n) is 13.6. The molecule has 0 fully saturated rings. The van der Waals surface area contributed by atoms with Gasteiger partial charge in [-0.25, -0.2) is 15.0 Å². The van der Waals surface area contributed by atoms with Crippen LogP contribution in [0, 0.1) is 0 Å². The first kappa shape index (κ1) is 28.6. The van der Waals surface area contributed by atoms with Crippen molar-refractivity contribution in [1.29, 1.82) is 0 Å². The van der Waals surface area contributed by atoms with Crippen LogP contribution in [-0.4, -0.2) is 15.0 Å². The summed E-state index contributed by atoms with van der Waals surface area (Å²) in [7, 11) is 0. The molecule has 0 atom stereocenters. The highest BCUT2D eigenvalue weighted by Gasteiger charge is 2.35. The van der Waals surface area contributed by atoms with Crippen LogP contribution in [0.25, 0.3) is 89.1 Å².